The van der Waals surface area contributed by atoms with Gasteiger partial charge in [0.2, 0.25) is 0 Å². The van der Waals surface area contributed by atoms with Gasteiger partial charge in [-0.1, -0.05) is 0 Å². The summed E-state index contributed by atoms with van der Waals surface area (Å²) in [6.45, 7) is 8.18. The van der Waals surface area contributed by atoms with Gasteiger partial charge in [0.05, 0.1) is 17.8 Å². The molecule has 1 amide bonds. The fourth-order valence-electron chi connectivity index (χ4n) is 4.26. The Labute approximate surface area is 164 Å². The molecule has 1 aromatic carbocycles. The van der Waals surface area contributed by atoms with Crippen molar-refractivity contribution in [2.75, 3.05) is 31.1 Å². The number of carbonyl (C=O) groups is 1. The Morgan fingerprint density at radius 3 is 2.75 bits per heavy atom. The van der Waals surface area contributed by atoms with Crippen molar-refractivity contribution < 1.29 is 13.9 Å². The second-order valence-corrected chi connectivity index (χ2v) is 7.84. The summed E-state index contributed by atoms with van der Waals surface area (Å²) in [5, 5.41) is 4.54. The van der Waals surface area contributed by atoms with Gasteiger partial charge >= 0.3 is 0 Å². The Hall–Kier alpha value is -2.25. The Morgan fingerprint density at radius 1 is 1.25 bits per heavy atom. The van der Waals surface area contributed by atoms with Gasteiger partial charge in [-0.15, -0.1) is 0 Å². The molecule has 0 aliphatic carbocycles. The lowest BCUT2D eigenvalue weighted by atomic mass is 9.90. The average molecular weight is 386 g/mol. The smallest absolute Gasteiger partial charge is 0.253 e. The molecule has 150 valence electrons. The first-order valence-corrected chi connectivity index (χ1v) is 9.93. The van der Waals surface area contributed by atoms with E-state index in [0.29, 0.717) is 6.54 Å². The van der Waals surface area contributed by atoms with E-state index in [-0.39, 0.29) is 23.9 Å². The van der Waals surface area contributed by atoms with Crippen LogP contribution in [-0.4, -0.2) is 52.4 Å². The second kappa shape index (κ2) is 7.64. The maximum absolute atomic E-state index is 13.3. The maximum Gasteiger partial charge on any atom is 0.253 e. The molecule has 2 aromatic rings. The van der Waals surface area contributed by atoms with Gasteiger partial charge in [0.1, 0.15) is 12.4 Å². The summed E-state index contributed by atoms with van der Waals surface area (Å²) >= 11 is 0. The van der Waals surface area contributed by atoms with Crippen LogP contribution in [0.5, 0.6) is 0 Å². The van der Waals surface area contributed by atoms with Crippen molar-refractivity contribution in [3.63, 3.8) is 0 Å². The van der Waals surface area contributed by atoms with Crippen molar-refractivity contribution in [3.05, 3.63) is 47.5 Å². The van der Waals surface area contributed by atoms with Gasteiger partial charge in [0, 0.05) is 37.1 Å². The van der Waals surface area contributed by atoms with Crippen LogP contribution in [0.3, 0.4) is 0 Å². The number of ether oxygens (including phenoxy) is 1. The van der Waals surface area contributed by atoms with E-state index in [0.717, 1.165) is 50.4 Å². The first-order chi connectivity index (χ1) is 13.5. The molecule has 2 fully saturated rings. The highest BCUT2D eigenvalue weighted by atomic mass is 19.1. The Morgan fingerprint density at radius 2 is 2.04 bits per heavy atom. The summed E-state index contributed by atoms with van der Waals surface area (Å²) < 4.78 is 21.3. The molecule has 7 heteroatoms. The quantitative estimate of drug-likeness (QED) is 0.811. The molecule has 1 atom stereocenters. The van der Waals surface area contributed by atoms with E-state index in [1.165, 1.54) is 17.7 Å². The highest BCUT2D eigenvalue weighted by molar-refractivity contribution is 5.95. The number of carbonyl (C=O) groups excluding carboxylic acids is 1. The van der Waals surface area contributed by atoms with Crippen molar-refractivity contribution in [1.82, 2.24) is 14.7 Å². The van der Waals surface area contributed by atoms with Gasteiger partial charge in [-0.05, 0) is 57.5 Å². The largest absolute Gasteiger partial charge is 0.362 e. The van der Waals surface area contributed by atoms with Crippen LogP contribution in [0, 0.1) is 12.7 Å². The minimum Gasteiger partial charge on any atom is -0.362 e. The average Bonchev–Trinajstić information content (AvgIpc) is 3.05. The van der Waals surface area contributed by atoms with E-state index >= 15 is 0 Å². The number of hydrogen-bond acceptors (Lipinski definition) is 4. The minimum absolute atomic E-state index is 0.0675. The number of piperidine rings is 1. The molecule has 3 heterocycles. The van der Waals surface area contributed by atoms with E-state index in [1.807, 2.05) is 11.6 Å². The molecule has 28 heavy (non-hydrogen) atoms. The molecule has 0 radical (unpaired) electrons. The molecule has 0 saturated carbocycles. The molecule has 0 bridgehead atoms. The standard InChI is InChI=1S/C21H27FN4O2/c1-3-25-12-17(16(2)23-25)11-24-10-4-9-21(14-24)15-26(20(27)13-28-21)19-7-5-18(22)6-8-19/h5-8,12H,3-4,9-11,13-15H2,1-2H3. The topological polar surface area (TPSA) is 50.6 Å². The number of morpholine rings is 1. The summed E-state index contributed by atoms with van der Waals surface area (Å²) in [6.07, 6.45) is 4.06. The van der Waals surface area contributed by atoms with Crippen LogP contribution in [0.1, 0.15) is 31.0 Å². The number of benzene rings is 1. The molecule has 4 rings (SSSR count). The number of hydrogen-bond donors (Lipinski definition) is 0. The molecule has 6 nitrogen and oxygen atoms in total. The lowest BCUT2D eigenvalue weighted by Crippen LogP contribution is -2.61. The fourth-order valence-corrected chi connectivity index (χ4v) is 4.26. The zero-order valence-corrected chi connectivity index (χ0v) is 16.5. The number of anilines is 1. The predicted octanol–water partition coefficient (Wildman–Crippen LogP) is 2.75. The monoisotopic (exact) mass is 386 g/mol. The molecule has 2 aliphatic heterocycles. The number of amides is 1. The van der Waals surface area contributed by atoms with E-state index in [9.17, 15) is 9.18 Å². The van der Waals surface area contributed by atoms with Crippen LogP contribution in [0.15, 0.2) is 30.5 Å². The van der Waals surface area contributed by atoms with E-state index in [4.69, 9.17) is 4.74 Å². The maximum atomic E-state index is 13.3. The normalized spacial score (nSPS) is 23.5. The minimum atomic E-state index is -0.380. The predicted molar refractivity (Wildman–Crippen MR) is 105 cm³/mol. The third-order valence-electron chi connectivity index (χ3n) is 5.77. The van der Waals surface area contributed by atoms with Crippen molar-refractivity contribution in [3.8, 4) is 0 Å². The molecular formula is C21H27FN4O2. The van der Waals surface area contributed by atoms with Gasteiger partial charge in [-0.2, -0.15) is 5.10 Å². The van der Waals surface area contributed by atoms with E-state index < -0.39 is 0 Å². The van der Waals surface area contributed by atoms with Gasteiger partial charge in [-0.25, -0.2) is 4.39 Å². The van der Waals surface area contributed by atoms with Crippen LogP contribution >= 0.6 is 0 Å². The number of rotatable bonds is 4. The summed E-state index contributed by atoms with van der Waals surface area (Å²) in [4.78, 5) is 16.6. The van der Waals surface area contributed by atoms with Crippen molar-refractivity contribution in [2.45, 2.75) is 45.4 Å². The summed E-state index contributed by atoms with van der Waals surface area (Å²) in [5.74, 6) is -0.375. The van der Waals surface area contributed by atoms with Crippen LogP contribution in [0.2, 0.25) is 0 Å². The third kappa shape index (κ3) is 3.82. The van der Waals surface area contributed by atoms with Crippen LogP contribution in [0.4, 0.5) is 10.1 Å². The zero-order valence-electron chi connectivity index (χ0n) is 16.5. The van der Waals surface area contributed by atoms with Crippen molar-refractivity contribution in [2.24, 2.45) is 0 Å². The van der Waals surface area contributed by atoms with Crippen LogP contribution in [0.25, 0.3) is 0 Å². The third-order valence-corrected chi connectivity index (χ3v) is 5.77. The number of likely N-dealkylation sites (tertiary alicyclic amines) is 1. The number of halogens is 1. The van der Waals surface area contributed by atoms with E-state index in [1.54, 1.807) is 17.0 Å². The second-order valence-electron chi connectivity index (χ2n) is 7.84. The van der Waals surface area contributed by atoms with Gasteiger partial charge in [-0.3, -0.25) is 14.4 Å². The van der Waals surface area contributed by atoms with Gasteiger partial charge < -0.3 is 9.64 Å². The highest BCUT2D eigenvalue weighted by Crippen LogP contribution is 2.32. The highest BCUT2D eigenvalue weighted by Gasteiger charge is 2.43. The Balaban J connectivity index is 1.49. The zero-order chi connectivity index (χ0) is 19.7. The number of aryl methyl sites for hydroxylation is 2. The van der Waals surface area contributed by atoms with E-state index in [2.05, 4.69) is 23.1 Å². The molecular weight excluding hydrogens is 359 g/mol. The van der Waals surface area contributed by atoms with Crippen LogP contribution < -0.4 is 4.90 Å². The van der Waals surface area contributed by atoms with Gasteiger partial charge in [0.15, 0.2) is 0 Å². The Kier molecular flexibility index (Phi) is 5.21. The summed E-state index contributed by atoms with van der Waals surface area (Å²) in [6, 6.07) is 6.11. The summed E-state index contributed by atoms with van der Waals surface area (Å²) in [5.41, 5.74) is 2.65. The molecule has 1 spiro atoms. The number of aromatic nitrogens is 2. The van der Waals surface area contributed by atoms with Crippen LogP contribution in [-0.2, 0) is 22.6 Å². The molecule has 2 aliphatic rings. The molecule has 1 unspecified atom stereocenters. The molecule has 2 saturated heterocycles. The SMILES string of the molecule is CCn1cc(CN2CCCC3(C2)CN(c2ccc(F)cc2)C(=O)CO3)c(C)n1. The number of nitrogens with zero attached hydrogens (tertiary/aromatic N) is 4. The molecule has 1 aromatic heterocycles. The lowest BCUT2D eigenvalue weighted by molar-refractivity contribution is -0.146. The lowest BCUT2D eigenvalue weighted by Gasteiger charge is -2.47. The van der Waals surface area contributed by atoms with Crippen molar-refractivity contribution in [1.29, 1.82) is 0 Å². The Bertz CT molecular complexity index is 851. The van der Waals surface area contributed by atoms with Gasteiger partial charge in [0.25, 0.3) is 5.91 Å². The van der Waals surface area contributed by atoms with Crippen molar-refractivity contribution >= 4 is 11.6 Å². The summed E-state index contributed by atoms with van der Waals surface area (Å²) in [7, 11) is 0. The fraction of sp³-hybridized carbons (Fsp3) is 0.524. The first-order valence-electron chi connectivity index (χ1n) is 9.93. The first kappa shape index (κ1) is 19.1. The molecule has 0 N–H and O–H groups in total.